The molecule has 0 aliphatic rings. The molecule has 1 amide bonds. The van der Waals surface area contributed by atoms with Gasteiger partial charge < -0.3 is 4.74 Å². The Bertz CT molecular complexity index is 627. The van der Waals surface area contributed by atoms with Crippen LogP contribution in [0.3, 0.4) is 0 Å². The molecule has 8 heteroatoms. The van der Waals surface area contributed by atoms with Gasteiger partial charge in [-0.2, -0.15) is 5.10 Å². The number of thiazole rings is 1. The highest BCUT2D eigenvalue weighted by atomic mass is 32.1. The fourth-order valence-electron chi connectivity index (χ4n) is 1.71. The SMILES string of the molecule is COC(=O)Cc1csc(NC(=O)c2c(C)n[nH]c2C)n1. The maximum Gasteiger partial charge on any atom is 0.311 e. The van der Waals surface area contributed by atoms with Crippen LogP contribution in [0.2, 0.25) is 0 Å². The molecule has 7 nitrogen and oxygen atoms in total. The zero-order valence-electron chi connectivity index (χ0n) is 11.3. The molecule has 2 aromatic rings. The van der Waals surface area contributed by atoms with Gasteiger partial charge in [0.15, 0.2) is 5.13 Å². The van der Waals surface area contributed by atoms with Gasteiger partial charge >= 0.3 is 5.97 Å². The molecule has 0 saturated carbocycles. The van der Waals surface area contributed by atoms with Crippen molar-refractivity contribution in [2.45, 2.75) is 20.3 Å². The van der Waals surface area contributed by atoms with E-state index in [1.807, 2.05) is 0 Å². The highest BCUT2D eigenvalue weighted by molar-refractivity contribution is 7.14. The van der Waals surface area contributed by atoms with Crippen molar-refractivity contribution in [2.24, 2.45) is 0 Å². The van der Waals surface area contributed by atoms with E-state index < -0.39 is 0 Å². The molecule has 20 heavy (non-hydrogen) atoms. The lowest BCUT2D eigenvalue weighted by molar-refractivity contribution is -0.139. The van der Waals surface area contributed by atoms with E-state index in [0.29, 0.717) is 27.8 Å². The number of anilines is 1. The lowest BCUT2D eigenvalue weighted by Crippen LogP contribution is -2.13. The Morgan fingerprint density at radius 2 is 2.20 bits per heavy atom. The fraction of sp³-hybridized carbons (Fsp3) is 0.333. The molecule has 0 radical (unpaired) electrons. The number of ether oxygens (including phenoxy) is 1. The van der Waals surface area contributed by atoms with Crippen LogP contribution in [0.1, 0.15) is 27.4 Å². The molecule has 106 valence electrons. The Morgan fingerprint density at radius 3 is 2.80 bits per heavy atom. The number of carbonyl (C=O) groups excluding carboxylic acids is 2. The summed E-state index contributed by atoms with van der Waals surface area (Å²) in [6, 6.07) is 0. The number of aryl methyl sites for hydroxylation is 2. The topological polar surface area (TPSA) is 97.0 Å². The second-order valence-corrected chi connectivity index (χ2v) is 5.02. The predicted molar refractivity (Wildman–Crippen MR) is 73.8 cm³/mol. The molecule has 0 saturated heterocycles. The zero-order chi connectivity index (χ0) is 14.7. The summed E-state index contributed by atoms with van der Waals surface area (Å²) in [5.41, 5.74) is 2.41. The van der Waals surface area contributed by atoms with Gasteiger partial charge in [-0.05, 0) is 13.8 Å². The third kappa shape index (κ3) is 3.02. The number of nitrogens with one attached hydrogen (secondary N) is 2. The van der Waals surface area contributed by atoms with Gasteiger partial charge in [0, 0.05) is 11.1 Å². The van der Waals surface area contributed by atoms with Gasteiger partial charge in [0.25, 0.3) is 5.91 Å². The van der Waals surface area contributed by atoms with E-state index in [9.17, 15) is 9.59 Å². The van der Waals surface area contributed by atoms with Crippen LogP contribution >= 0.6 is 11.3 Å². The van der Waals surface area contributed by atoms with Crippen LogP contribution in [-0.4, -0.2) is 34.2 Å². The summed E-state index contributed by atoms with van der Waals surface area (Å²) in [6.07, 6.45) is 0.0899. The van der Waals surface area contributed by atoms with Gasteiger partial charge in [-0.1, -0.05) is 0 Å². The maximum absolute atomic E-state index is 12.1. The molecule has 0 unspecified atom stereocenters. The molecule has 0 spiro atoms. The van der Waals surface area contributed by atoms with Crippen LogP contribution in [-0.2, 0) is 16.0 Å². The number of methoxy groups -OCH3 is 1. The zero-order valence-corrected chi connectivity index (χ0v) is 12.1. The molecule has 0 atom stereocenters. The Hall–Kier alpha value is -2.22. The van der Waals surface area contributed by atoms with Crippen LogP contribution in [0.25, 0.3) is 0 Å². The van der Waals surface area contributed by atoms with Gasteiger partial charge in [0.05, 0.1) is 30.5 Å². The third-order valence-corrected chi connectivity index (χ3v) is 3.49. The van der Waals surface area contributed by atoms with Crippen molar-refractivity contribution in [2.75, 3.05) is 12.4 Å². The molecule has 2 aromatic heterocycles. The summed E-state index contributed by atoms with van der Waals surface area (Å²) in [4.78, 5) is 27.4. The highest BCUT2D eigenvalue weighted by Gasteiger charge is 2.17. The van der Waals surface area contributed by atoms with Crippen molar-refractivity contribution in [3.63, 3.8) is 0 Å². The molecular formula is C12H14N4O3S. The largest absolute Gasteiger partial charge is 0.469 e. The van der Waals surface area contributed by atoms with Gasteiger partial charge in [-0.15, -0.1) is 11.3 Å². The minimum atomic E-state index is -0.366. The smallest absolute Gasteiger partial charge is 0.311 e. The number of H-pyrrole nitrogens is 1. The number of aromatic nitrogens is 3. The van der Waals surface area contributed by atoms with E-state index in [0.717, 1.165) is 0 Å². The number of rotatable bonds is 4. The van der Waals surface area contributed by atoms with Crippen molar-refractivity contribution in [3.8, 4) is 0 Å². The van der Waals surface area contributed by atoms with E-state index in [1.54, 1.807) is 19.2 Å². The summed E-state index contributed by atoms with van der Waals surface area (Å²) in [5.74, 6) is -0.637. The number of nitrogens with zero attached hydrogens (tertiary/aromatic N) is 2. The third-order valence-electron chi connectivity index (χ3n) is 2.68. The fourth-order valence-corrected chi connectivity index (χ4v) is 2.42. The minimum absolute atomic E-state index is 0.0899. The molecule has 0 aliphatic carbocycles. The van der Waals surface area contributed by atoms with E-state index in [-0.39, 0.29) is 18.3 Å². The lowest BCUT2D eigenvalue weighted by atomic mass is 10.2. The number of hydrogen-bond acceptors (Lipinski definition) is 6. The molecule has 0 aliphatic heterocycles. The first-order chi connectivity index (χ1) is 9.51. The first-order valence-corrected chi connectivity index (χ1v) is 6.73. The number of amides is 1. The van der Waals surface area contributed by atoms with Crippen LogP contribution in [0.15, 0.2) is 5.38 Å². The first-order valence-electron chi connectivity index (χ1n) is 5.85. The van der Waals surface area contributed by atoms with Crippen molar-refractivity contribution < 1.29 is 14.3 Å². The van der Waals surface area contributed by atoms with Crippen molar-refractivity contribution in [1.29, 1.82) is 0 Å². The van der Waals surface area contributed by atoms with Gasteiger partial charge in [-0.25, -0.2) is 4.98 Å². The van der Waals surface area contributed by atoms with Gasteiger partial charge in [0.1, 0.15) is 0 Å². The minimum Gasteiger partial charge on any atom is -0.469 e. The summed E-state index contributed by atoms with van der Waals surface area (Å²) in [6.45, 7) is 3.53. The monoisotopic (exact) mass is 294 g/mol. The van der Waals surface area contributed by atoms with Gasteiger partial charge in [-0.3, -0.25) is 20.0 Å². The second kappa shape index (κ2) is 5.83. The maximum atomic E-state index is 12.1. The van der Waals surface area contributed by atoms with Crippen molar-refractivity contribution in [3.05, 3.63) is 28.0 Å². The van der Waals surface area contributed by atoms with Crippen molar-refractivity contribution >= 4 is 28.3 Å². The quantitative estimate of drug-likeness (QED) is 0.832. The molecule has 0 bridgehead atoms. The number of carbonyl (C=O) groups is 2. The summed E-state index contributed by atoms with van der Waals surface area (Å²) < 4.78 is 4.56. The molecule has 2 heterocycles. The lowest BCUT2D eigenvalue weighted by Gasteiger charge is -2.01. The van der Waals surface area contributed by atoms with Crippen LogP contribution in [0.5, 0.6) is 0 Å². The second-order valence-electron chi connectivity index (χ2n) is 4.16. The summed E-state index contributed by atoms with van der Waals surface area (Å²) >= 11 is 1.26. The molecular weight excluding hydrogens is 280 g/mol. The van der Waals surface area contributed by atoms with Gasteiger partial charge in [0.2, 0.25) is 0 Å². The van der Waals surface area contributed by atoms with Crippen LogP contribution < -0.4 is 5.32 Å². The number of aromatic amines is 1. The summed E-state index contributed by atoms with van der Waals surface area (Å²) in [5, 5.41) is 11.6. The molecule has 2 N–H and O–H groups in total. The highest BCUT2D eigenvalue weighted by Crippen LogP contribution is 2.18. The Balaban J connectivity index is 2.07. The Labute approximate surface area is 119 Å². The van der Waals surface area contributed by atoms with E-state index in [4.69, 9.17) is 0 Å². The average molecular weight is 294 g/mol. The van der Waals surface area contributed by atoms with E-state index in [1.165, 1.54) is 18.4 Å². The number of esters is 1. The van der Waals surface area contributed by atoms with E-state index >= 15 is 0 Å². The molecule has 0 fully saturated rings. The standard InChI is InChI=1S/C12H14N4O3S/c1-6-10(7(2)16-15-6)11(18)14-12-13-8(5-20-12)4-9(17)19-3/h5H,4H2,1-3H3,(H,15,16)(H,13,14,18). The van der Waals surface area contributed by atoms with Crippen molar-refractivity contribution in [1.82, 2.24) is 15.2 Å². The molecule has 2 rings (SSSR count). The average Bonchev–Trinajstić information content (AvgIpc) is 2.96. The summed E-state index contributed by atoms with van der Waals surface area (Å²) in [7, 11) is 1.32. The predicted octanol–water partition coefficient (Wildman–Crippen LogP) is 1.45. The number of hydrogen-bond donors (Lipinski definition) is 2. The van der Waals surface area contributed by atoms with E-state index in [2.05, 4.69) is 25.2 Å². The normalized spacial score (nSPS) is 10.3. The molecule has 0 aromatic carbocycles. The Morgan fingerprint density at radius 1 is 1.45 bits per heavy atom. The Kier molecular flexibility index (Phi) is 4.14. The van der Waals surface area contributed by atoms with Crippen LogP contribution in [0.4, 0.5) is 5.13 Å². The first kappa shape index (κ1) is 14.2. The van der Waals surface area contributed by atoms with Crippen LogP contribution in [0, 0.1) is 13.8 Å².